The van der Waals surface area contributed by atoms with Crippen molar-refractivity contribution in [3.63, 3.8) is 0 Å². The van der Waals surface area contributed by atoms with Crippen LogP contribution in [0.25, 0.3) is 0 Å². The van der Waals surface area contributed by atoms with Gasteiger partial charge >= 0.3 is 12.0 Å². The number of benzene rings is 2. The quantitative estimate of drug-likeness (QED) is 0.217. The van der Waals surface area contributed by atoms with Crippen molar-refractivity contribution in [1.82, 2.24) is 4.90 Å². The van der Waals surface area contributed by atoms with Gasteiger partial charge in [-0.15, -0.1) is 0 Å². The van der Waals surface area contributed by atoms with Crippen LogP contribution in [0, 0.1) is 0 Å². The summed E-state index contributed by atoms with van der Waals surface area (Å²) in [7, 11) is 0. The predicted octanol–water partition coefficient (Wildman–Crippen LogP) is 7.54. The van der Waals surface area contributed by atoms with E-state index in [0.29, 0.717) is 31.4 Å². The molecule has 6 nitrogen and oxygen atoms in total. The number of nitrogens with one attached hydrogen (secondary N) is 1. The molecule has 0 saturated heterocycles. The Kier molecular flexibility index (Phi) is 11.8. The molecule has 0 atom stereocenters. The summed E-state index contributed by atoms with van der Waals surface area (Å²) in [6.45, 7) is 13.1. The van der Waals surface area contributed by atoms with E-state index in [0.717, 1.165) is 29.7 Å². The molecule has 2 aromatic rings. The van der Waals surface area contributed by atoms with Crippen LogP contribution in [-0.4, -0.2) is 35.7 Å². The van der Waals surface area contributed by atoms with Crippen molar-refractivity contribution in [3.8, 4) is 5.75 Å². The number of anilines is 1. The Bertz CT molecular complexity index is 954. The van der Waals surface area contributed by atoms with Gasteiger partial charge in [0.25, 0.3) is 0 Å². The van der Waals surface area contributed by atoms with Gasteiger partial charge in [-0.1, -0.05) is 76.8 Å². The second kappa shape index (κ2) is 14.5. The first-order valence-electron chi connectivity index (χ1n) is 13.3. The maximum atomic E-state index is 13.3. The van der Waals surface area contributed by atoms with E-state index in [1.807, 2.05) is 47.4 Å². The second-order valence-electron chi connectivity index (χ2n) is 9.98. The molecule has 2 aromatic carbocycles. The average molecular weight is 497 g/mol. The van der Waals surface area contributed by atoms with Gasteiger partial charge in [-0.2, -0.15) is 0 Å². The Hall–Kier alpha value is -3.02. The molecule has 0 heterocycles. The lowest BCUT2D eigenvalue weighted by Crippen LogP contribution is -2.39. The number of hydrogen-bond donors (Lipinski definition) is 1. The van der Waals surface area contributed by atoms with Gasteiger partial charge in [-0.25, -0.2) is 9.59 Å². The van der Waals surface area contributed by atoms with E-state index >= 15 is 0 Å². The second-order valence-corrected chi connectivity index (χ2v) is 9.98. The zero-order valence-electron chi connectivity index (χ0n) is 22.9. The van der Waals surface area contributed by atoms with Gasteiger partial charge in [0.15, 0.2) is 5.60 Å². The van der Waals surface area contributed by atoms with Crippen LogP contribution in [0.5, 0.6) is 5.75 Å². The molecule has 1 N–H and O–H groups in total. The van der Waals surface area contributed by atoms with Gasteiger partial charge in [-0.05, 0) is 62.4 Å². The zero-order valence-corrected chi connectivity index (χ0v) is 22.9. The molecule has 0 bridgehead atoms. The lowest BCUT2D eigenvalue weighted by Gasteiger charge is -2.26. The fourth-order valence-electron chi connectivity index (χ4n) is 3.99. The number of hydrogen-bond acceptors (Lipinski definition) is 4. The monoisotopic (exact) mass is 496 g/mol. The van der Waals surface area contributed by atoms with E-state index in [4.69, 9.17) is 9.47 Å². The number of esters is 1. The van der Waals surface area contributed by atoms with Gasteiger partial charge in [-0.3, -0.25) is 0 Å². The minimum Gasteiger partial charge on any atom is -0.476 e. The molecule has 0 spiro atoms. The normalized spacial score (nSPS) is 11.3. The first-order valence-corrected chi connectivity index (χ1v) is 13.3. The van der Waals surface area contributed by atoms with Gasteiger partial charge in [0.2, 0.25) is 0 Å². The number of carbonyl (C=O) groups excluding carboxylic acids is 2. The maximum absolute atomic E-state index is 13.3. The number of amides is 2. The average Bonchev–Trinajstić information content (AvgIpc) is 2.84. The van der Waals surface area contributed by atoms with E-state index in [1.165, 1.54) is 19.3 Å². The molecule has 0 aromatic heterocycles. The standard InChI is InChI=1S/C30H44N2O4/c1-7-9-10-11-14-21-32(29(34)31-27-16-13-12-15-26(27)23(3)4)22-24-17-19-25(20-18-24)36-30(5,6)28(33)35-8-2/h12-13,15-20,23H,7-11,14,21-22H2,1-6H3,(H,31,34). The molecule has 198 valence electrons. The van der Waals surface area contributed by atoms with Crippen molar-refractivity contribution < 1.29 is 19.1 Å². The van der Waals surface area contributed by atoms with Gasteiger partial charge in [0.1, 0.15) is 5.75 Å². The van der Waals surface area contributed by atoms with E-state index in [2.05, 4.69) is 32.2 Å². The third-order valence-electron chi connectivity index (χ3n) is 6.08. The lowest BCUT2D eigenvalue weighted by atomic mass is 10.0. The minimum atomic E-state index is -1.08. The van der Waals surface area contributed by atoms with Gasteiger partial charge in [0.05, 0.1) is 6.61 Å². The maximum Gasteiger partial charge on any atom is 0.349 e. The van der Waals surface area contributed by atoms with Crippen LogP contribution in [-0.2, 0) is 16.1 Å². The molecule has 0 aliphatic heterocycles. The number of ether oxygens (including phenoxy) is 2. The largest absolute Gasteiger partial charge is 0.476 e. The van der Waals surface area contributed by atoms with Gasteiger partial charge < -0.3 is 19.7 Å². The number of unbranched alkanes of at least 4 members (excludes halogenated alkanes) is 4. The third kappa shape index (κ3) is 9.21. The Labute approximate surface area is 217 Å². The zero-order chi connectivity index (χ0) is 26.6. The molecule has 0 radical (unpaired) electrons. The fraction of sp³-hybridized carbons (Fsp3) is 0.533. The van der Waals surface area contributed by atoms with Crippen molar-refractivity contribution in [3.05, 3.63) is 59.7 Å². The SMILES string of the molecule is CCCCCCCN(Cc1ccc(OC(C)(C)C(=O)OCC)cc1)C(=O)Nc1ccccc1C(C)C. The first kappa shape index (κ1) is 29.2. The minimum absolute atomic E-state index is 0.0950. The summed E-state index contributed by atoms with van der Waals surface area (Å²) in [4.78, 5) is 27.4. The molecule has 0 aliphatic carbocycles. The smallest absolute Gasteiger partial charge is 0.349 e. The highest BCUT2D eigenvalue weighted by Gasteiger charge is 2.31. The molecule has 0 unspecified atom stereocenters. The molecule has 2 rings (SSSR count). The molecule has 36 heavy (non-hydrogen) atoms. The third-order valence-corrected chi connectivity index (χ3v) is 6.08. The highest BCUT2D eigenvalue weighted by Crippen LogP contribution is 2.25. The molecule has 0 fully saturated rings. The number of nitrogens with zero attached hydrogens (tertiary/aromatic N) is 1. The Morgan fingerprint density at radius 2 is 1.61 bits per heavy atom. The van der Waals surface area contributed by atoms with Crippen LogP contribution in [0.2, 0.25) is 0 Å². The Morgan fingerprint density at radius 1 is 0.944 bits per heavy atom. The summed E-state index contributed by atoms with van der Waals surface area (Å²) >= 11 is 0. The van der Waals surface area contributed by atoms with Crippen molar-refractivity contribution in [2.75, 3.05) is 18.5 Å². The van der Waals surface area contributed by atoms with Crippen LogP contribution in [0.4, 0.5) is 10.5 Å². The van der Waals surface area contributed by atoms with Crippen LogP contribution in [0.3, 0.4) is 0 Å². The summed E-state index contributed by atoms with van der Waals surface area (Å²) in [5.41, 5.74) is 1.90. The summed E-state index contributed by atoms with van der Waals surface area (Å²) in [5.74, 6) is 0.496. The Morgan fingerprint density at radius 3 is 2.25 bits per heavy atom. The Balaban J connectivity index is 2.11. The van der Waals surface area contributed by atoms with Crippen LogP contribution >= 0.6 is 0 Å². The summed E-state index contributed by atoms with van der Waals surface area (Å²) in [6.07, 6.45) is 5.67. The van der Waals surface area contributed by atoms with E-state index in [-0.39, 0.29) is 6.03 Å². The lowest BCUT2D eigenvalue weighted by molar-refractivity contribution is -0.158. The van der Waals surface area contributed by atoms with Crippen molar-refractivity contribution >= 4 is 17.7 Å². The van der Waals surface area contributed by atoms with Crippen molar-refractivity contribution in [1.29, 1.82) is 0 Å². The number of rotatable bonds is 14. The highest BCUT2D eigenvalue weighted by molar-refractivity contribution is 5.90. The van der Waals surface area contributed by atoms with Gasteiger partial charge in [0, 0.05) is 18.8 Å². The van der Waals surface area contributed by atoms with E-state index in [9.17, 15) is 9.59 Å². The van der Waals surface area contributed by atoms with Crippen molar-refractivity contribution in [2.24, 2.45) is 0 Å². The summed E-state index contributed by atoms with van der Waals surface area (Å²) in [5, 5.41) is 3.14. The summed E-state index contributed by atoms with van der Waals surface area (Å²) < 4.78 is 11.0. The molecule has 6 heteroatoms. The van der Waals surface area contributed by atoms with Crippen LogP contribution in [0.1, 0.15) is 90.7 Å². The predicted molar refractivity (Wildman–Crippen MR) is 147 cm³/mol. The molecule has 0 saturated carbocycles. The molecule has 2 amide bonds. The van der Waals surface area contributed by atoms with Crippen LogP contribution in [0.15, 0.2) is 48.5 Å². The van der Waals surface area contributed by atoms with Crippen LogP contribution < -0.4 is 10.1 Å². The highest BCUT2D eigenvalue weighted by atomic mass is 16.6. The van der Waals surface area contributed by atoms with Crippen molar-refractivity contribution in [2.45, 2.75) is 91.7 Å². The molecular formula is C30H44N2O4. The fourth-order valence-corrected chi connectivity index (χ4v) is 3.99. The number of carbonyl (C=O) groups is 2. The molecular weight excluding hydrogens is 452 g/mol. The first-order chi connectivity index (χ1) is 17.2. The molecule has 0 aliphatic rings. The van der Waals surface area contributed by atoms with E-state index in [1.54, 1.807) is 20.8 Å². The van der Waals surface area contributed by atoms with E-state index < -0.39 is 11.6 Å². The number of urea groups is 1. The summed E-state index contributed by atoms with van der Waals surface area (Å²) in [6, 6.07) is 15.4. The number of para-hydroxylation sites is 1. The topological polar surface area (TPSA) is 67.9 Å².